The zero-order chi connectivity index (χ0) is 20.1. The van der Waals surface area contributed by atoms with Crippen LogP contribution in [0, 0.1) is 15.9 Å². The highest BCUT2D eigenvalue weighted by Gasteiger charge is 2.14. The van der Waals surface area contributed by atoms with Crippen LogP contribution in [0.2, 0.25) is 0 Å². The van der Waals surface area contributed by atoms with Gasteiger partial charge in [0.25, 0.3) is 5.91 Å². The minimum absolute atomic E-state index is 0.102. The molecule has 1 aromatic heterocycles. The second kappa shape index (κ2) is 8.31. The molecule has 1 N–H and O–H groups in total. The minimum Gasteiger partial charge on any atom is -0.298 e. The molecule has 1 heterocycles. The first-order valence-corrected chi connectivity index (χ1v) is 8.74. The predicted octanol–water partition coefficient (Wildman–Crippen LogP) is 4.34. The van der Waals surface area contributed by atoms with Crippen molar-refractivity contribution in [1.82, 2.24) is 4.98 Å². The van der Waals surface area contributed by atoms with E-state index in [4.69, 9.17) is 0 Å². The van der Waals surface area contributed by atoms with Gasteiger partial charge in [-0.3, -0.25) is 25.0 Å². The normalized spacial score (nSPS) is 10.8. The highest BCUT2D eigenvalue weighted by molar-refractivity contribution is 7.18. The molecule has 3 rings (SSSR count). The van der Waals surface area contributed by atoms with Crippen molar-refractivity contribution in [1.29, 1.82) is 0 Å². The van der Waals surface area contributed by atoms with Crippen LogP contribution in [0.5, 0.6) is 0 Å². The van der Waals surface area contributed by atoms with Gasteiger partial charge in [-0.05, 0) is 41.7 Å². The van der Waals surface area contributed by atoms with Crippen molar-refractivity contribution in [2.45, 2.75) is 0 Å². The molecule has 0 radical (unpaired) electrons. The van der Waals surface area contributed by atoms with Crippen molar-refractivity contribution in [2.24, 2.45) is 0 Å². The van der Waals surface area contributed by atoms with Crippen LogP contribution in [0.15, 0.2) is 60.8 Å². The summed E-state index contributed by atoms with van der Waals surface area (Å²) in [7, 11) is 0. The molecule has 0 aliphatic heterocycles. The molecule has 0 bridgehead atoms. The number of nitrogens with one attached hydrogen (secondary N) is 1. The second-order valence-electron chi connectivity index (χ2n) is 5.51. The van der Waals surface area contributed by atoms with E-state index in [2.05, 4.69) is 10.3 Å². The first-order valence-electron chi connectivity index (χ1n) is 7.92. The van der Waals surface area contributed by atoms with Crippen LogP contribution in [0.1, 0.15) is 26.3 Å². The first kappa shape index (κ1) is 19.1. The predicted molar refractivity (Wildman–Crippen MR) is 103 cm³/mol. The number of aromatic nitrogens is 1. The first-order chi connectivity index (χ1) is 13.4. The van der Waals surface area contributed by atoms with Crippen LogP contribution < -0.4 is 5.32 Å². The number of carbonyl (C=O) groups excluding carboxylic acids is 2. The molecule has 0 fully saturated rings. The van der Waals surface area contributed by atoms with Crippen LogP contribution in [0.4, 0.5) is 14.5 Å². The monoisotopic (exact) mass is 397 g/mol. The van der Waals surface area contributed by atoms with Gasteiger partial charge in [-0.1, -0.05) is 30.3 Å². The molecule has 2 aromatic carbocycles. The summed E-state index contributed by atoms with van der Waals surface area (Å²) in [5.74, 6) is -1.28. The molecule has 0 aliphatic carbocycles. The SMILES string of the molecule is O=C(/C=C/c1ccccc1F)c1ccc(C(=O)Nc2ncc([N+](=O)[O-])s2)cc1. The number of halogens is 1. The number of hydrogen-bond acceptors (Lipinski definition) is 6. The number of hydrogen-bond donors (Lipinski definition) is 1. The van der Waals surface area contributed by atoms with Gasteiger partial charge in [0.2, 0.25) is 0 Å². The number of anilines is 1. The molecule has 28 heavy (non-hydrogen) atoms. The van der Waals surface area contributed by atoms with Gasteiger partial charge in [-0.15, -0.1) is 0 Å². The number of benzene rings is 2. The van der Waals surface area contributed by atoms with E-state index in [0.29, 0.717) is 11.1 Å². The van der Waals surface area contributed by atoms with Crippen molar-refractivity contribution in [3.63, 3.8) is 0 Å². The van der Waals surface area contributed by atoms with Gasteiger partial charge in [0.05, 0.1) is 4.92 Å². The Bertz CT molecular complexity index is 1080. The van der Waals surface area contributed by atoms with E-state index in [0.717, 1.165) is 17.5 Å². The van der Waals surface area contributed by atoms with Crippen LogP contribution >= 0.6 is 11.3 Å². The third-order valence-electron chi connectivity index (χ3n) is 3.64. The lowest BCUT2D eigenvalue weighted by molar-refractivity contribution is -0.380. The van der Waals surface area contributed by atoms with E-state index in [1.165, 1.54) is 42.5 Å². The second-order valence-corrected chi connectivity index (χ2v) is 6.52. The average Bonchev–Trinajstić information content (AvgIpc) is 3.16. The van der Waals surface area contributed by atoms with Crippen LogP contribution in [-0.4, -0.2) is 21.6 Å². The van der Waals surface area contributed by atoms with E-state index in [9.17, 15) is 24.1 Å². The van der Waals surface area contributed by atoms with Crippen LogP contribution in [-0.2, 0) is 0 Å². The maximum atomic E-state index is 13.6. The molecule has 7 nitrogen and oxygen atoms in total. The Balaban J connectivity index is 1.66. The molecule has 1 amide bonds. The van der Waals surface area contributed by atoms with E-state index >= 15 is 0 Å². The third-order valence-corrected chi connectivity index (χ3v) is 4.51. The molecule has 0 unspecified atom stereocenters. The lowest BCUT2D eigenvalue weighted by Crippen LogP contribution is -2.11. The van der Waals surface area contributed by atoms with Gasteiger partial charge in [0.1, 0.15) is 12.0 Å². The molecular formula is C19H12FN3O4S. The number of thiazole rings is 1. The number of nitrogens with zero attached hydrogens (tertiary/aromatic N) is 2. The van der Waals surface area contributed by atoms with Gasteiger partial charge in [0, 0.05) is 16.7 Å². The van der Waals surface area contributed by atoms with Gasteiger partial charge in [-0.2, -0.15) is 0 Å². The Kier molecular flexibility index (Phi) is 5.66. The summed E-state index contributed by atoms with van der Waals surface area (Å²) >= 11 is 0.742. The number of ketones is 1. The van der Waals surface area contributed by atoms with E-state index in [-0.39, 0.29) is 21.5 Å². The Morgan fingerprint density at radius 3 is 2.43 bits per heavy atom. The Labute approximate surface area is 162 Å². The Morgan fingerprint density at radius 2 is 1.79 bits per heavy atom. The summed E-state index contributed by atoms with van der Waals surface area (Å²) in [4.78, 5) is 38.2. The summed E-state index contributed by atoms with van der Waals surface area (Å²) in [5.41, 5.74) is 0.880. The molecule has 0 saturated carbocycles. The summed E-state index contributed by atoms with van der Waals surface area (Å²) in [5, 5.41) is 13.0. The van der Waals surface area contributed by atoms with Gasteiger partial charge >= 0.3 is 5.00 Å². The summed E-state index contributed by atoms with van der Waals surface area (Å²) < 4.78 is 13.6. The highest BCUT2D eigenvalue weighted by atomic mass is 32.1. The topological polar surface area (TPSA) is 102 Å². The molecular weight excluding hydrogens is 385 g/mol. The number of carbonyl (C=O) groups is 2. The van der Waals surface area contributed by atoms with E-state index in [1.54, 1.807) is 18.2 Å². The zero-order valence-electron chi connectivity index (χ0n) is 14.2. The standard InChI is InChI=1S/C19H12FN3O4S/c20-15-4-2-1-3-12(15)9-10-16(24)13-5-7-14(8-6-13)18(25)22-19-21-11-17(28-19)23(26)27/h1-11H,(H,21,22,25)/b10-9+. The molecule has 0 spiro atoms. The fraction of sp³-hybridized carbons (Fsp3) is 0. The van der Waals surface area contributed by atoms with Crippen LogP contribution in [0.25, 0.3) is 6.08 Å². The summed E-state index contributed by atoms with van der Waals surface area (Å²) in [6, 6.07) is 11.9. The van der Waals surface area contributed by atoms with Crippen molar-refractivity contribution in [3.05, 3.63) is 93.4 Å². The molecule has 0 atom stereocenters. The molecule has 3 aromatic rings. The maximum Gasteiger partial charge on any atom is 0.345 e. The third kappa shape index (κ3) is 4.51. The largest absolute Gasteiger partial charge is 0.345 e. The number of nitro groups is 1. The van der Waals surface area contributed by atoms with Crippen LogP contribution in [0.3, 0.4) is 0 Å². The molecule has 0 aliphatic rings. The quantitative estimate of drug-likeness (QED) is 0.288. The number of rotatable bonds is 6. The lowest BCUT2D eigenvalue weighted by Gasteiger charge is -2.02. The molecule has 9 heteroatoms. The fourth-order valence-electron chi connectivity index (χ4n) is 2.23. The summed E-state index contributed by atoms with van der Waals surface area (Å²) in [6.07, 6.45) is 3.69. The van der Waals surface area contributed by atoms with Gasteiger partial charge in [-0.25, -0.2) is 9.37 Å². The average molecular weight is 397 g/mol. The molecule has 0 saturated heterocycles. The van der Waals surface area contributed by atoms with E-state index in [1.807, 2.05) is 0 Å². The van der Waals surface area contributed by atoms with Gasteiger partial charge in [0.15, 0.2) is 10.9 Å². The van der Waals surface area contributed by atoms with E-state index < -0.39 is 16.6 Å². The maximum absolute atomic E-state index is 13.6. The van der Waals surface area contributed by atoms with Crippen molar-refractivity contribution in [3.8, 4) is 0 Å². The Hall–Kier alpha value is -3.72. The number of amides is 1. The molecule has 140 valence electrons. The summed E-state index contributed by atoms with van der Waals surface area (Å²) in [6.45, 7) is 0. The smallest absolute Gasteiger partial charge is 0.298 e. The minimum atomic E-state index is -0.595. The zero-order valence-corrected chi connectivity index (χ0v) is 15.0. The fourth-order valence-corrected chi connectivity index (χ4v) is 2.86. The lowest BCUT2D eigenvalue weighted by atomic mass is 10.1. The number of allylic oxidation sites excluding steroid dienone is 1. The van der Waals surface area contributed by atoms with Crippen molar-refractivity contribution < 1.29 is 18.9 Å². The highest BCUT2D eigenvalue weighted by Crippen LogP contribution is 2.25. The van der Waals surface area contributed by atoms with Gasteiger partial charge < -0.3 is 0 Å². The Morgan fingerprint density at radius 1 is 1.11 bits per heavy atom. The van der Waals surface area contributed by atoms with Crippen molar-refractivity contribution >= 4 is 39.2 Å². The van der Waals surface area contributed by atoms with Crippen molar-refractivity contribution in [2.75, 3.05) is 5.32 Å².